The quantitative estimate of drug-likeness (QED) is 0.696. The predicted octanol–water partition coefficient (Wildman–Crippen LogP) is 2.87. The second kappa shape index (κ2) is 5.47. The monoisotopic (exact) mass is 206 g/mol. The lowest BCUT2D eigenvalue weighted by molar-refractivity contribution is -0.117. The molecule has 0 aliphatic carbocycles. The normalized spacial score (nSPS) is 9.00. The molecule has 0 bridgehead atoms. The van der Waals surface area contributed by atoms with Gasteiger partial charge >= 0.3 is 0 Å². The summed E-state index contributed by atoms with van der Waals surface area (Å²) in [5, 5.41) is 0.664. The Balaban J connectivity index is 2.59. The fraction of sp³-hybridized carbons (Fsp3) is 0.250. The average molecular weight is 207 g/mol. The number of rotatable bonds is 3. The van der Waals surface area contributed by atoms with Crippen LogP contribution in [0.3, 0.4) is 0 Å². The zero-order chi connectivity index (χ0) is 10.4. The average Bonchev–Trinajstić information content (AvgIpc) is 2.15. The van der Waals surface area contributed by atoms with Gasteiger partial charge in [0.1, 0.15) is 5.78 Å². The Hall–Kier alpha value is -1.26. The first-order chi connectivity index (χ1) is 6.72. The van der Waals surface area contributed by atoms with E-state index in [2.05, 4.69) is 11.8 Å². The van der Waals surface area contributed by atoms with Crippen LogP contribution in [-0.4, -0.2) is 5.78 Å². The Morgan fingerprint density at radius 1 is 1.50 bits per heavy atom. The van der Waals surface area contributed by atoms with E-state index in [1.54, 1.807) is 19.1 Å². The van der Waals surface area contributed by atoms with Gasteiger partial charge in [0.05, 0.1) is 6.42 Å². The number of hydrogen-bond donors (Lipinski definition) is 0. The van der Waals surface area contributed by atoms with Crippen molar-refractivity contribution >= 4 is 17.4 Å². The van der Waals surface area contributed by atoms with Crippen LogP contribution >= 0.6 is 11.6 Å². The second-order valence-corrected chi connectivity index (χ2v) is 3.39. The second-order valence-electron chi connectivity index (χ2n) is 2.95. The summed E-state index contributed by atoms with van der Waals surface area (Å²) in [5.41, 5.74) is 0.945. The predicted molar refractivity (Wildman–Crippen MR) is 58.2 cm³/mol. The van der Waals surface area contributed by atoms with Gasteiger partial charge in [0.25, 0.3) is 0 Å². The molecule has 72 valence electrons. The molecule has 0 aromatic heterocycles. The molecule has 0 atom stereocenters. The van der Waals surface area contributed by atoms with E-state index in [1.807, 2.05) is 12.1 Å². The standard InChI is InChI=1S/C12H11ClO/c1-2-3-7-12(14)9-10-5-4-6-11(13)8-10/h4-6,8H,7,9H2,1H3. The van der Waals surface area contributed by atoms with Gasteiger partial charge in [0, 0.05) is 11.4 Å². The number of carbonyl (C=O) groups is 1. The Bertz CT molecular complexity index is 385. The molecule has 1 nitrogen and oxygen atoms in total. The lowest BCUT2D eigenvalue weighted by atomic mass is 10.1. The summed E-state index contributed by atoms with van der Waals surface area (Å²) in [6.07, 6.45) is 0.734. The first-order valence-electron chi connectivity index (χ1n) is 4.38. The van der Waals surface area contributed by atoms with E-state index in [9.17, 15) is 4.79 Å². The van der Waals surface area contributed by atoms with Crippen LogP contribution in [0, 0.1) is 11.8 Å². The maximum atomic E-state index is 11.3. The van der Waals surface area contributed by atoms with Crippen LogP contribution in [0.4, 0.5) is 0 Å². The van der Waals surface area contributed by atoms with Crippen molar-refractivity contribution in [2.75, 3.05) is 0 Å². The van der Waals surface area contributed by atoms with E-state index in [0.29, 0.717) is 17.9 Å². The highest BCUT2D eigenvalue weighted by molar-refractivity contribution is 6.30. The van der Waals surface area contributed by atoms with Crippen LogP contribution in [0.2, 0.25) is 5.02 Å². The molecule has 0 N–H and O–H groups in total. The molecule has 0 heterocycles. The van der Waals surface area contributed by atoms with Crippen molar-refractivity contribution in [1.82, 2.24) is 0 Å². The molecule has 0 saturated carbocycles. The molecule has 0 radical (unpaired) electrons. The van der Waals surface area contributed by atoms with Crippen LogP contribution in [0.25, 0.3) is 0 Å². The van der Waals surface area contributed by atoms with Gasteiger partial charge in [0.15, 0.2) is 0 Å². The van der Waals surface area contributed by atoms with Gasteiger partial charge in [0.2, 0.25) is 0 Å². The lowest BCUT2D eigenvalue weighted by Crippen LogP contribution is -2.00. The Morgan fingerprint density at radius 3 is 2.93 bits per heavy atom. The molecule has 0 unspecified atom stereocenters. The zero-order valence-corrected chi connectivity index (χ0v) is 8.77. The topological polar surface area (TPSA) is 17.1 Å². The highest BCUT2D eigenvalue weighted by Crippen LogP contribution is 2.11. The smallest absolute Gasteiger partial charge is 0.149 e. The third kappa shape index (κ3) is 3.64. The minimum Gasteiger partial charge on any atom is -0.298 e. The zero-order valence-electron chi connectivity index (χ0n) is 8.01. The van der Waals surface area contributed by atoms with Crippen molar-refractivity contribution in [2.24, 2.45) is 0 Å². The molecular formula is C12H11ClO. The largest absolute Gasteiger partial charge is 0.298 e. The molecule has 0 saturated heterocycles. The third-order valence-electron chi connectivity index (χ3n) is 1.75. The lowest BCUT2D eigenvalue weighted by Gasteiger charge is -1.98. The van der Waals surface area contributed by atoms with Crippen molar-refractivity contribution in [2.45, 2.75) is 19.8 Å². The minimum atomic E-state index is 0.126. The highest BCUT2D eigenvalue weighted by Gasteiger charge is 2.01. The molecule has 0 aliphatic rings. The summed E-state index contributed by atoms with van der Waals surface area (Å²) < 4.78 is 0. The first kappa shape index (κ1) is 10.8. The van der Waals surface area contributed by atoms with Gasteiger partial charge < -0.3 is 0 Å². The molecule has 0 aliphatic heterocycles. The van der Waals surface area contributed by atoms with E-state index in [4.69, 9.17) is 11.6 Å². The van der Waals surface area contributed by atoms with Gasteiger partial charge in [-0.2, -0.15) is 0 Å². The van der Waals surface area contributed by atoms with E-state index in [1.165, 1.54) is 0 Å². The summed E-state index contributed by atoms with van der Waals surface area (Å²) in [6, 6.07) is 7.33. The highest BCUT2D eigenvalue weighted by atomic mass is 35.5. The molecule has 1 aromatic rings. The molecule has 0 spiro atoms. The van der Waals surface area contributed by atoms with Crippen molar-refractivity contribution in [3.63, 3.8) is 0 Å². The molecule has 0 amide bonds. The number of Topliss-reactive ketones (excluding diaryl/α,β-unsaturated/α-hetero) is 1. The summed E-state index contributed by atoms with van der Waals surface area (Å²) in [6.45, 7) is 1.73. The molecular weight excluding hydrogens is 196 g/mol. The Morgan fingerprint density at radius 2 is 2.29 bits per heavy atom. The molecule has 1 aromatic carbocycles. The summed E-state index contributed by atoms with van der Waals surface area (Å²) in [5.74, 6) is 5.58. The van der Waals surface area contributed by atoms with Crippen molar-refractivity contribution < 1.29 is 4.79 Å². The van der Waals surface area contributed by atoms with Crippen LogP contribution in [0.1, 0.15) is 18.9 Å². The summed E-state index contributed by atoms with van der Waals surface area (Å²) in [7, 11) is 0. The van der Waals surface area contributed by atoms with E-state index >= 15 is 0 Å². The number of hydrogen-bond acceptors (Lipinski definition) is 1. The van der Waals surface area contributed by atoms with Gasteiger partial charge in [-0.3, -0.25) is 4.79 Å². The number of ketones is 1. The van der Waals surface area contributed by atoms with Gasteiger partial charge in [-0.15, -0.1) is 5.92 Å². The molecule has 0 fully saturated rings. The van der Waals surface area contributed by atoms with Crippen LogP contribution in [0.5, 0.6) is 0 Å². The molecule has 14 heavy (non-hydrogen) atoms. The van der Waals surface area contributed by atoms with Crippen LogP contribution in [-0.2, 0) is 11.2 Å². The summed E-state index contributed by atoms with van der Waals surface area (Å²) in [4.78, 5) is 11.3. The third-order valence-corrected chi connectivity index (χ3v) is 1.99. The SMILES string of the molecule is CC#CCC(=O)Cc1cccc(Cl)c1. The number of benzene rings is 1. The molecule has 1 rings (SSSR count). The van der Waals surface area contributed by atoms with E-state index < -0.39 is 0 Å². The van der Waals surface area contributed by atoms with Crippen LogP contribution < -0.4 is 0 Å². The maximum Gasteiger partial charge on any atom is 0.149 e. The summed E-state index contributed by atoms with van der Waals surface area (Å²) >= 11 is 5.79. The minimum absolute atomic E-state index is 0.126. The first-order valence-corrected chi connectivity index (χ1v) is 4.76. The van der Waals surface area contributed by atoms with Gasteiger partial charge in [-0.1, -0.05) is 29.7 Å². The number of halogens is 1. The Labute approximate surface area is 89.1 Å². The van der Waals surface area contributed by atoms with E-state index in [-0.39, 0.29) is 5.78 Å². The van der Waals surface area contributed by atoms with Gasteiger partial charge in [-0.05, 0) is 24.6 Å². The van der Waals surface area contributed by atoms with Gasteiger partial charge in [-0.25, -0.2) is 0 Å². The van der Waals surface area contributed by atoms with Crippen molar-refractivity contribution in [3.8, 4) is 11.8 Å². The van der Waals surface area contributed by atoms with Crippen molar-refractivity contribution in [3.05, 3.63) is 34.9 Å². The maximum absolute atomic E-state index is 11.3. The fourth-order valence-electron chi connectivity index (χ4n) is 1.12. The fourth-order valence-corrected chi connectivity index (χ4v) is 1.34. The van der Waals surface area contributed by atoms with Crippen LogP contribution in [0.15, 0.2) is 24.3 Å². The van der Waals surface area contributed by atoms with Crippen molar-refractivity contribution in [1.29, 1.82) is 0 Å². The van der Waals surface area contributed by atoms with E-state index in [0.717, 1.165) is 5.56 Å². The molecule has 2 heteroatoms. The Kier molecular flexibility index (Phi) is 4.22. The number of carbonyl (C=O) groups excluding carboxylic acids is 1.